The first kappa shape index (κ1) is 13.2. The van der Waals surface area contributed by atoms with Crippen LogP contribution in [0.25, 0.3) is 0 Å². The molecule has 1 aromatic rings. The second-order valence-corrected chi connectivity index (χ2v) is 4.84. The number of rotatable bonds is 6. The number of hydrogen-bond donors (Lipinski definition) is 0. The highest BCUT2D eigenvalue weighted by Gasteiger charge is 2.16. The van der Waals surface area contributed by atoms with E-state index in [-0.39, 0.29) is 0 Å². The summed E-state index contributed by atoms with van der Waals surface area (Å²) in [6, 6.07) is 0.401. The summed E-state index contributed by atoms with van der Waals surface area (Å²) in [6.07, 6.45) is 7.06. The third-order valence-electron chi connectivity index (χ3n) is 3.39. The lowest BCUT2D eigenvalue weighted by Gasteiger charge is -2.05. The molecule has 18 heavy (non-hydrogen) atoms. The molecule has 5 heteroatoms. The summed E-state index contributed by atoms with van der Waals surface area (Å²) >= 11 is 0. The van der Waals surface area contributed by atoms with Crippen molar-refractivity contribution in [2.45, 2.75) is 45.7 Å². The van der Waals surface area contributed by atoms with Gasteiger partial charge in [-0.2, -0.15) is 0 Å². The largest absolute Gasteiger partial charge is 0.381 e. The van der Waals surface area contributed by atoms with Crippen molar-refractivity contribution in [3.05, 3.63) is 11.9 Å². The van der Waals surface area contributed by atoms with Crippen molar-refractivity contribution in [2.75, 3.05) is 13.2 Å². The molecule has 1 aliphatic heterocycles. The lowest BCUT2D eigenvalue weighted by molar-refractivity contribution is 0.181. The molecule has 0 spiro atoms. The molecule has 0 amide bonds. The van der Waals surface area contributed by atoms with Gasteiger partial charge in [0.2, 0.25) is 0 Å². The maximum atomic E-state index is 5.36. The molecule has 1 aliphatic rings. The minimum absolute atomic E-state index is 0.401. The van der Waals surface area contributed by atoms with Crippen molar-refractivity contribution in [3.8, 4) is 0 Å². The van der Waals surface area contributed by atoms with Crippen molar-refractivity contribution < 1.29 is 4.74 Å². The number of aliphatic imine (C=N–C) groups is 1. The van der Waals surface area contributed by atoms with Crippen LogP contribution in [-0.4, -0.2) is 40.5 Å². The first-order valence-electron chi connectivity index (χ1n) is 6.82. The van der Waals surface area contributed by atoms with E-state index in [2.05, 4.69) is 29.2 Å². The molecule has 5 nitrogen and oxygen atoms in total. The molecule has 0 bridgehead atoms. The van der Waals surface area contributed by atoms with E-state index in [1.807, 2.05) is 17.1 Å². The minimum atomic E-state index is 0.401. The van der Waals surface area contributed by atoms with Crippen LogP contribution in [0.5, 0.6) is 0 Å². The molecule has 0 aliphatic carbocycles. The molecule has 2 heterocycles. The van der Waals surface area contributed by atoms with E-state index in [0.29, 0.717) is 12.0 Å². The van der Waals surface area contributed by atoms with Gasteiger partial charge >= 0.3 is 0 Å². The standard InChI is InChI=1S/C13H22N4O/c1-3-12(4-2)14-7-13-9-17(16-15-13)8-11-5-6-18-10-11/h7,9,11-12H,3-6,8,10H2,1-2H3. The molecular weight excluding hydrogens is 228 g/mol. The Kier molecular flexibility index (Phi) is 4.87. The van der Waals surface area contributed by atoms with Crippen LogP contribution in [0, 0.1) is 5.92 Å². The van der Waals surface area contributed by atoms with Gasteiger partial charge < -0.3 is 4.74 Å². The maximum absolute atomic E-state index is 5.36. The molecule has 1 aromatic heterocycles. The van der Waals surface area contributed by atoms with Crippen molar-refractivity contribution in [2.24, 2.45) is 10.9 Å². The summed E-state index contributed by atoms with van der Waals surface area (Å²) < 4.78 is 7.25. The average molecular weight is 250 g/mol. The van der Waals surface area contributed by atoms with Crippen LogP contribution in [-0.2, 0) is 11.3 Å². The van der Waals surface area contributed by atoms with Crippen molar-refractivity contribution in [1.82, 2.24) is 15.0 Å². The van der Waals surface area contributed by atoms with Gasteiger partial charge in [0, 0.05) is 25.1 Å². The monoisotopic (exact) mass is 250 g/mol. The molecule has 1 fully saturated rings. The molecule has 1 saturated heterocycles. The minimum Gasteiger partial charge on any atom is -0.381 e. The van der Waals surface area contributed by atoms with Gasteiger partial charge in [0.1, 0.15) is 5.69 Å². The van der Waals surface area contributed by atoms with E-state index in [0.717, 1.165) is 44.7 Å². The van der Waals surface area contributed by atoms with E-state index in [1.165, 1.54) is 0 Å². The van der Waals surface area contributed by atoms with Crippen LogP contribution < -0.4 is 0 Å². The predicted octanol–water partition coefficient (Wildman–Crippen LogP) is 1.92. The normalized spacial score (nSPS) is 20.3. The van der Waals surface area contributed by atoms with Crippen LogP contribution >= 0.6 is 0 Å². The SMILES string of the molecule is CCC(CC)N=Cc1cn(CC2CCOC2)nn1. The van der Waals surface area contributed by atoms with Gasteiger partial charge in [0.15, 0.2) is 0 Å². The Bertz CT molecular complexity index is 378. The predicted molar refractivity (Wildman–Crippen MR) is 70.9 cm³/mol. The van der Waals surface area contributed by atoms with Crippen LogP contribution in [0.15, 0.2) is 11.2 Å². The van der Waals surface area contributed by atoms with Crippen LogP contribution in [0.3, 0.4) is 0 Å². The number of aromatic nitrogens is 3. The van der Waals surface area contributed by atoms with Crippen molar-refractivity contribution in [1.29, 1.82) is 0 Å². The summed E-state index contributed by atoms with van der Waals surface area (Å²) in [7, 11) is 0. The van der Waals surface area contributed by atoms with E-state index < -0.39 is 0 Å². The Labute approximate surface area is 108 Å². The summed E-state index contributed by atoms with van der Waals surface area (Å²) in [6.45, 7) is 6.93. The van der Waals surface area contributed by atoms with Gasteiger partial charge in [0.25, 0.3) is 0 Å². The Morgan fingerprint density at radius 3 is 3.06 bits per heavy atom. The maximum Gasteiger partial charge on any atom is 0.123 e. The van der Waals surface area contributed by atoms with E-state index in [1.54, 1.807) is 0 Å². The summed E-state index contributed by atoms with van der Waals surface area (Å²) in [4.78, 5) is 4.51. The highest BCUT2D eigenvalue weighted by atomic mass is 16.5. The third kappa shape index (κ3) is 3.63. The first-order valence-corrected chi connectivity index (χ1v) is 6.82. The van der Waals surface area contributed by atoms with Gasteiger partial charge in [-0.15, -0.1) is 5.10 Å². The van der Waals surface area contributed by atoms with Gasteiger partial charge in [-0.05, 0) is 19.3 Å². The topological polar surface area (TPSA) is 52.3 Å². The molecule has 1 unspecified atom stereocenters. The average Bonchev–Trinajstić information content (AvgIpc) is 3.03. The number of ether oxygens (including phenoxy) is 1. The second kappa shape index (κ2) is 6.64. The molecule has 1 atom stereocenters. The third-order valence-corrected chi connectivity index (χ3v) is 3.39. The number of hydrogen-bond acceptors (Lipinski definition) is 4. The first-order chi connectivity index (χ1) is 8.81. The fraction of sp³-hybridized carbons (Fsp3) is 0.769. The number of nitrogens with zero attached hydrogens (tertiary/aromatic N) is 4. The molecule has 0 N–H and O–H groups in total. The lowest BCUT2D eigenvalue weighted by atomic mass is 10.1. The van der Waals surface area contributed by atoms with Gasteiger partial charge in [-0.3, -0.25) is 9.67 Å². The summed E-state index contributed by atoms with van der Waals surface area (Å²) in [5.41, 5.74) is 0.848. The smallest absolute Gasteiger partial charge is 0.123 e. The zero-order valence-corrected chi connectivity index (χ0v) is 11.2. The summed E-state index contributed by atoms with van der Waals surface area (Å²) in [5, 5.41) is 8.25. The van der Waals surface area contributed by atoms with Crippen molar-refractivity contribution in [3.63, 3.8) is 0 Å². The van der Waals surface area contributed by atoms with E-state index >= 15 is 0 Å². The van der Waals surface area contributed by atoms with E-state index in [9.17, 15) is 0 Å². The van der Waals surface area contributed by atoms with E-state index in [4.69, 9.17) is 4.74 Å². The molecule has 2 rings (SSSR count). The lowest BCUT2D eigenvalue weighted by Crippen LogP contribution is -2.11. The van der Waals surface area contributed by atoms with Crippen LogP contribution in [0.2, 0.25) is 0 Å². The molecule has 100 valence electrons. The zero-order chi connectivity index (χ0) is 12.8. The molecular formula is C13H22N4O. The zero-order valence-electron chi connectivity index (χ0n) is 11.2. The summed E-state index contributed by atoms with van der Waals surface area (Å²) in [5.74, 6) is 0.579. The fourth-order valence-electron chi connectivity index (χ4n) is 2.13. The highest BCUT2D eigenvalue weighted by Crippen LogP contribution is 2.14. The van der Waals surface area contributed by atoms with Crippen LogP contribution in [0.4, 0.5) is 0 Å². The quantitative estimate of drug-likeness (QED) is 0.725. The molecule has 0 aromatic carbocycles. The second-order valence-electron chi connectivity index (χ2n) is 4.84. The fourth-order valence-corrected chi connectivity index (χ4v) is 2.13. The van der Waals surface area contributed by atoms with Crippen molar-refractivity contribution >= 4 is 6.21 Å². The van der Waals surface area contributed by atoms with Gasteiger partial charge in [-0.1, -0.05) is 19.1 Å². The Morgan fingerprint density at radius 2 is 2.39 bits per heavy atom. The Hall–Kier alpha value is -1.23. The van der Waals surface area contributed by atoms with Crippen LogP contribution in [0.1, 0.15) is 38.8 Å². The molecule has 0 radical (unpaired) electrons. The Balaban J connectivity index is 1.88. The van der Waals surface area contributed by atoms with Gasteiger partial charge in [-0.25, -0.2) is 0 Å². The molecule has 0 saturated carbocycles. The highest BCUT2D eigenvalue weighted by molar-refractivity contribution is 5.76. The van der Waals surface area contributed by atoms with Gasteiger partial charge in [0.05, 0.1) is 19.0 Å². The Morgan fingerprint density at radius 1 is 1.56 bits per heavy atom.